The molecule has 84 valence electrons. The van der Waals surface area contributed by atoms with E-state index in [-0.39, 0.29) is 0 Å². The van der Waals surface area contributed by atoms with Crippen molar-refractivity contribution in [1.82, 2.24) is 0 Å². The molecular weight excluding hydrogens is 190 g/mol. The van der Waals surface area contributed by atoms with E-state index in [1.54, 1.807) is 0 Å². The molecule has 2 N–H and O–H groups in total. The van der Waals surface area contributed by atoms with E-state index >= 15 is 0 Å². The highest BCUT2D eigenvalue weighted by atomic mass is 32.2. The highest BCUT2D eigenvalue weighted by Gasteiger charge is 2.19. The molecule has 0 bridgehead atoms. The average Bonchev–Trinajstić information content (AvgIpc) is 2.10. The van der Waals surface area contributed by atoms with Gasteiger partial charge in [-0.05, 0) is 24.5 Å². The maximum Gasteiger partial charge on any atom is 0.0199 e. The smallest absolute Gasteiger partial charge is 0.0199 e. The fourth-order valence-corrected chi connectivity index (χ4v) is 3.35. The molecule has 0 saturated heterocycles. The van der Waals surface area contributed by atoms with Crippen LogP contribution in [0.4, 0.5) is 0 Å². The van der Waals surface area contributed by atoms with Gasteiger partial charge in [-0.15, -0.1) is 0 Å². The van der Waals surface area contributed by atoms with Crippen molar-refractivity contribution in [3.8, 4) is 0 Å². The maximum absolute atomic E-state index is 6.21. The third-order valence-electron chi connectivity index (χ3n) is 2.90. The summed E-state index contributed by atoms with van der Waals surface area (Å²) in [5, 5.41) is 0.734. The number of hydrogen-bond donors (Lipinski definition) is 1. The van der Waals surface area contributed by atoms with E-state index in [0.717, 1.165) is 11.2 Å². The van der Waals surface area contributed by atoms with E-state index in [0.29, 0.717) is 6.04 Å². The second-order valence-corrected chi connectivity index (χ2v) is 6.19. The first kappa shape index (κ1) is 12.4. The summed E-state index contributed by atoms with van der Waals surface area (Å²) >= 11 is 2.11. The summed E-state index contributed by atoms with van der Waals surface area (Å²) < 4.78 is 0. The Morgan fingerprint density at radius 1 is 1.14 bits per heavy atom. The first-order chi connectivity index (χ1) is 6.70. The predicted octanol–water partition coefficient (Wildman–Crippen LogP) is 3.43. The summed E-state index contributed by atoms with van der Waals surface area (Å²) in [6, 6.07) is 0.457. The van der Waals surface area contributed by atoms with E-state index in [9.17, 15) is 0 Å². The zero-order valence-electron chi connectivity index (χ0n) is 9.67. The Morgan fingerprint density at radius 3 is 2.43 bits per heavy atom. The van der Waals surface area contributed by atoms with Gasteiger partial charge in [0.15, 0.2) is 0 Å². The number of rotatable bonds is 3. The first-order valence-corrected chi connectivity index (χ1v) is 7.12. The van der Waals surface area contributed by atoms with Gasteiger partial charge >= 0.3 is 0 Å². The van der Waals surface area contributed by atoms with Gasteiger partial charge in [0, 0.05) is 11.3 Å². The minimum Gasteiger partial charge on any atom is -0.327 e. The zero-order valence-corrected chi connectivity index (χ0v) is 10.5. The Bertz CT molecular complexity index is 147. The highest BCUT2D eigenvalue weighted by Crippen LogP contribution is 2.27. The molecule has 0 amide bonds. The fourth-order valence-electron chi connectivity index (χ4n) is 2.00. The van der Waals surface area contributed by atoms with Crippen LogP contribution < -0.4 is 5.73 Å². The van der Waals surface area contributed by atoms with Gasteiger partial charge in [-0.1, -0.05) is 39.5 Å². The van der Waals surface area contributed by atoms with Crippen LogP contribution in [0.3, 0.4) is 0 Å². The van der Waals surface area contributed by atoms with Gasteiger partial charge in [-0.2, -0.15) is 11.8 Å². The summed E-state index contributed by atoms with van der Waals surface area (Å²) in [5.41, 5.74) is 6.21. The summed E-state index contributed by atoms with van der Waals surface area (Å²) in [5.74, 6) is 2.08. The molecule has 1 aliphatic carbocycles. The standard InChI is InChI=1S/C12H25NS/c1-10(2)9-14-12-8-6-4-3-5-7-11(12)13/h10-12H,3-9,13H2,1-2H3. The Labute approximate surface area is 93.2 Å². The third kappa shape index (κ3) is 4.70. The van der Waals surface area contributed by atoms with Gasteiger partial charge < -0.3 is 5.73 Å². The monoisotopic (exact) mass is 215 g/mol. The molecule has 2 unspecified atom stereocenters. The molecule has 2 heteroatoms. The van der Waals surface area contributed by atoms with Crippen molar-refractivity contribution in [2.75, 3.05) is 5.75 Å². The quantitative estimate of drug-likeness (QED) is 0.780. The Hall–Kier alpha value is 0.310. The first-order valence-electron chi connectivity index (χ1n) is 6.07. The van der Waals surface area contributed by atoms with Crippen LogP contribution in [0.15, 0.2) is 0 Å². The molecule has 0 radical (unpaired) electrons. The Morgan fingerprint density at radius 2 is 1.79 bits per heavy atom. The van der Waals surface area contributed by atoms with Crippen LogP contribution in [0.1, 0.15) is 52.4 Å². The third-order valence-corrected chi connectivity index (χ3v) is 4.77. The summed E-state index contributed by atoms with van der Waals surface area (Å²) in [4.78, 5) is 0. The fraction of sp³-hybridized carbons (Fsp3) is 1.00. The lowest BCUT2D eigenvalue weighted by Crippen LogP contribution is -2.33. The van der Waals surface area contributed by atoms with Crippen LogP contribution in [-0.4, -0.2) is 17.0 Å². The number of nitrogens with two attached hydrogens (primary N) is 1. The van der Waals surface area contributed by atoms with E-state index in [2.05, 4.69) is 25.6 Å². The molecule has 2 atom stereocenters. The molecule has 0 heterocycles. The van der Waals surface area contributed by atoms with Crippen molar-refractivity contribution in [3.63, 3.8) is 0 Å². The predicted molar refractivity (Wildman–Crippen MR) is 66.8 cm³/mol. The van der Waals surface area contributed by atoms with E-state index < -0.39 is 0 Å². The normalized spacial score (nSPS) is 30.0. The van der Waals surface area contributed by atoms with Crippen molar-refractivity contribution in [3.05, 3.63) is 0 Å². The Balaban J connectivity index is 2.29. The molecule has 14 heavy (non-hydrogen) atoms. The van der Waals surface area contributed by atoms with Crippen LogP contribution in [-0.2, 0) is 0 Å². The lowest BCUT2D eigenvalue weighted by atomic mass is 9.97. The van der Waals surface area contributed by atoms with Gasteiger partial charge in [0.1, 0.15) is 0 Å². The molecule has 1 nitrogen and oxygen atoms in total. The average molecular weight is 215 g/mol. The van der Waals surface area contributed by atoms with Gasteiger partial charge in [0.05, 0.1) is 0 Å². The van der Waals surface area contributed by atoms with Crippen LogP contribution >= 0.6 is 11.8 Å². The zero-order chi connectivity index (χ0) is 10.4. The van der Waals surface area contributed by atoms with Crippen molar-refractivity contribution >= 4 is 11.8 Å². The minimum atomic E-state index is 0.457. The summed E-state index contributed by atoms with van der Waals surface area (Å²) in [6.07, 6.45) is 8.15. The molecule has 0 aromatic rings. The lowest BCUT2D eigenvalue weighted by Gasteiger charge is -2.26. The molecule has 0 aliphatic heterocycles. The molecule has 1 fully saturated rings. The van der Waals surface area contributed by atoms with Crippen molar-refractivity contribution in [2.45, 2.75) is 63.7 Å². The van der Waals surface area contributed by atoms with Crippen LogP contribution in [0, 0.1) is 5.92 Å². The summed E-state index contributed by atoms with van der Waals surface area (Å²) in [6.45, 7) is 4.59. The SMILES string of the molecule is CC(C)CSC1CCCCCCC1N. The van der Waals surface area contributed by atoms with Gasteiger partial charge in [-0.3, -0.25) is 0 Å². The summed E-state index contributed by atoms with van der Waals surface area (Å²) in [7, 11) is 0. The van der Waals surface area contributed by atoms with Gasteiger partial charge in [0.2, 0.25) is 0 Å². The van der Waals surface area contributed by atoms with Gasteiger partial charge in [-0.25, -0.2) is 0 Å². The largest absolute Gasteiger partial charge is 0.327 e. The number of thioether (sulfide) groups is 1. The van der Waals surface area contributed by atoms with Crippen LogP contribution in [0.2, 0.25) is 0 Å². The maximum atomic E-state index is 6.21. The second kappa shape index (κ2) is 6.73. The molecule has 1 rings (SSSR count). The van der Waals surface area contributed by atoms with Crippen LogP contribution in [0.25, 0.3) is 0 Å². The molecule has 0 aromatic carbocycles. The second-order valence-electron chi connectivity index (χ2n) is 4.92. The number of hydrogen-bond acceptors (Lipinski definition) is 2. The highest BCUT2D eigenvalue weighted by molar-refractivity contribution is 7.99. The van der Waals surface area contributed by atoms with Crippen molar-refractivity contribution in [1.29, 1.82) is 0 Å². The lowest BCUT2D eigenvalue weighted by molar-refractivity contribution is 0.463. The molecular formula is C12H25NS. The molecule has 1 aliphatic rings. The Kier molecular flexibility index (Phi) is 5.95. The molecule has 0 spiro atoms. The van der Waals surface area contributed by atoms with Crippen molar-refractivity contribution in [2.24, 2.45) is 11.7 Å². The van der Waals surface area contributed by atoms with E-state index in [4.69, 9.17) is 5.73 Å². The molecule has 1 saturated carbocycles. The molecule has 0 aromatic heterocycles. The minimum absolute atomic E-state index is 0.457. The van der Waals surface area contributed by atoms with E-state index in [1.807, 2.05) is 0 Å². The van der Waals surface area contributed by atoms with Gasteiger partial charge in [0.25, 0.3) is 0 Å². The topological polar surface area (TPSA) is 26.0 Å². The van der Waals surface area contributed by atoms with Crippen LogP contribution in [0.5, 0.6) is 0 Å². The van der Waals surface area contributed by atoms with E-state index in [1.165, 1.54) is 44.3 Å². The van der Waals surface area contributed by atoms with Crippen molar-refractivity contribution < 1.29 is 0 Å².